The van der Waals surface area contributed by atoms with Crippen molar-refractivity contribution in [1.29, 1.82) is 0 Å². The highest BCUT2D eigenvalue weighted by atomic mass is 79.9. The third kappa shape index (κ3) is 3.78. The van der Waals surface area contributed by atoms with Crippen LogP contribution in [0.5, 0.6) is 0 Å². The van der Waals surface area contributed by atoms with Crippen LogP contribution in [0.3, 0.4) is 0 Å². The maximum absolute atomic E-state index is 12.2. The predicted molar refractivity (Wildman–Crippen MR) is 82.0 cm³/mol. The van der Waals surface area contributed by atoms with Crippen molar-refractivity contribution in [2.75, 3.05) is 26.7 Å². The van der Waals surface area contributed by atoms with Crippen molar-refractivity contribution in [3.05, 3.63) is 15.9 Å². The Morgan fingerprint density at radius 3 is 2.63 bits per heavy atom. The van der Waals surface area contributed by atoms with Crippen molar-refractivity contribution in [3.63, 3.8) is 0 Å². The third-order valence-corrected chi connectivity index (χ3v) is 7.78. The molecular formula is C12H19BrN2O2S2. The summed E-state index contributed by atoms with van der Waals surface area (Å²) >= 11 is 4.51. The summed E-state index contributed by atoms with van der Waals surface area (Å²) in [5.41, 5.74) is 0.0588. The first-order valence-electron chi connectivity index (χ1n) is 6.24. The number of halogens is 1. The molecule has 19 heavy (non-hydrogen) atoms. The quantitative estimate of drug-likeness (QED) is 0.890. The van der Waals surface area contributed by atoms with Gasteiger partial charge in [-0.2, -0.15) is 0 Å². The zero-order valence-electron chi connectivity index (χ0n) is 11.1. The lowest BCUT2D eigenvalue weighted by atomic mass is 9.81. The SMILES string of the molecule is CN1CCC(C)(CNS(=O)(=O)c2sccc2Br)CC1. The number of nitrogens with zero attached hydrogens (tertiary/aromatic N) is 1. The molecule has 0 atom stereocenters. The normalized spacial score (nSPS) is 20.6. The van der Waals surface area contributed by atoms with Gasteiger partial charge in [0.2, 0.25) is 0 Å². The Labute approximate surface area is 127 Å². The fourth-order valence-corrected chi connectivity index (χ4v) is 5.72. The molecule has 7 heteroatoms. The van der Waals surface area contributed by atoms with Crippen LogP contribution in [0.15, 0.2) is 20.1 Å². The molecule has 108 valence electrons. The number of piperidine rings is 1. The van der Waals surface area contributed by atoms with E-state index in [1.54, 1.807) is 11.4 Å². The highest BCUT2D eigenvalue weighted by molar-refractivity contribution is 9.10. The van der Waals surface area contributed by atoms with Gasteiger partial charge in [0.15, 0.2) is 0 Å². The summed E-state index contributed by atoms with van der Waals surface area (Å²) in [4.78, 5) is 2.28. The highest BCUT2D eigenvalue weighted by Gasteiger charge is 2.31. The molecule has 1 aliphatic heterocycles. The first kappa shape index (κ1) is 15.4. The molecule has 1 N–H and O–H groups in total. The van der Waals surface area contributed by atoms with E-state index in [9.17, 15) is 8.42 Å². The predicted octanol–water partition coefficient (Wildman–Crippen LogP) is 2.52. The summed E-state index contributed by atoms with van der Waals surface area (Å²) in [7, 11) is -1.29. The monoisotopic (exact) mass is 366 g/mol. The minimum atomic E-state index is -3.39. The first-order chi connectivity index (χ1) is 8.82. The molecule has 0 aliphatic carbocycles. The molecule has 0 saturated carbocycles. The number of thiophene rings is 1. The Morgan fingerprint density at radius 2 is 2.11 bits per heavy atom. The Bertz CT molecular complexity index is 534. The van der Waals surface area contributed by atoms with Crippen LogP contribution in [-0.4, -0.2) is 40.0 Å². The van der Waals surface area contributed by atoms with Crippen molar-refractivity contribution in [1.82, 2.24) is 9.62 Å². The van der Waals surface area contributed by atoms with Gasteiger partial charge in [-0.3, -0.25) is 0 Å². The van der Waals surface area contributed by atoms with Crippen LogP contribution in [0.1, 0.15) is 19.8 Å². The van der Waals surface area contributed by atoms with E-state index in [1.807, 2.05) is 0 Å². The van der Waals surface area contributed by atoms with Gasteiger partial charge in [0, 0.05) is 11.0 Å². The molecule has 0 spiro atoms. The molecule has 1 fully saturated rings. The van der Waals surface area contributed by atoms with Crippen LogP contribution >= 0.6 is 27.3 Å². The van der Waals surface area contributed by atoms with Gasteiger partial charge in [-0.1, -0.05) is 6.92 Å². The van der Waals surface area contributed by atoms with E-state index in [1.165, 1.54) is 11.3 Å². The van der Waals surface area contributed by atoms with Gasteiger partial charge >= 0.3 is 0 Å². The minimum absolute atomic E-state index is 0.0588. The summed E-state index contributed by atoms with van der Waals surface area (Å²) in [5.74, 6) is 0. The van der Waals surface area contributed by atoms with Gasteiger partial charge < -0.3 is 4.90 Å². The topological polar surface area (TPSA) is 49.4 Å². The van der Waals surface area contributed by atoms with Crippen LogP contribution in [0.2, 0.25) is 0 Å². The average Bonchev–Trinajstić information content (AvgIpc) is 2.79. The molecule has 0 amide bonds. The number of nitrogens with one attached hydrogen (secondary N) is 1. The molecule has 0 unspecified atom stereocenters. The molecule has 0 aromatic carbocycles. The van der Waals surface area contributed by atoms with Crippen molar-refractivity contribution >= 4 is 37.3 Å². The Balaban J connectivity index is 2.01. The second-order valence-electron chi connectivity index (χ2n) is 5.49. The Kier molecular flexibility index (Phi) is 4.72. The summed E-state index contributed by atoms with van der Waals surface area (Å²) in [5, 5.41) is 1.77. The van der Waals surface area contributed by atoms with Crippen LogP contribution in [0.25, 0.3) is 0 Å². The van der Waals surface area contributed by atoms with Crippen molar-refractivity contribution in [3.8, 4) is 0 Å². The fraction of sp³-hybridized carbons (Fsp3) is 0.667. The standard InChI is InChI=1S/C12H19BrN2O2S2/c1-12(4-6-15(2)7-5-12)9-14-19(16,17)11-10(13)3-8-18-11/h3,8,14H,4-7,9H2,1-2H3. The van der Waals surface area contributed by atoms with E-state index < -0.39 is 10.0 Å². The Morgan fingerprint density at radius 1 is 1.47 bits per heavy atom. The van der Waals surface area contributed by atoms with Gasteiger partial charge in [-0.05, 0) is 65.8 Å². The smallest absolute Gasteiger partial charge is 0.251 e. The number of hydrogen-bond acceptors (Lipinski definition) is 4. The summed E-state index contributed by atoms with van der Waals surface area (Å²) in [6.45, 7) is 4.72. The van der Waals surface area contributed by atoms with Crippen molar-refractivity contribution in [2.45, 2.75) is 24.0 Å². The van der Waals surface area contributed by atoms with Gasteiger partial charge in [0.05, 0.1) is 0 Å². The molecule has 1 saturated heterocycles. The minimum Gasteiger partial charge on any atom is -0.306 e. The van der Waals surface area contributed by atoms with Gasteiger partial charge in [0.25, 0.3) is 10.0 Å². The van der Waals surface area contributed by atoms with E-state index in [0.717, 1.165) is 25.9 Å². The molecule has 1 aromatic heterocycles. The van der Waals surface area contributed by atoms with Gasteiger partial charge in [0.1, 0.15) is 4.21 Å². The summed E-state index contributed by atoms with van der Waals surface area (Å²) in [6.07, 6.45) is 2.05. The highest BCUT2D eigenvalue weighted by Crippen LogP contribution is 2.31. The lowest BCUT2D eigenvalue weighted by Gasteiger charge is -2.37. The van der Waals surface area contributed by atoms with Gasteiger partial charge in [-0.15, -0.1) is 11.3 Å². The van der Waals surface area contributed by atoms with Crippen LogP contribution in [0.4, 0.5) is 0 Å². The van der Waals surface area contributed by atoms with E-state index >= 15 is 0 Å². The maximum atomic E-state index is 12.2. The lowest BCUT2D eigenvalue weighted by molar-refractivity contribution is 0.143. The van der Waals surface area contributed by atoms with E-state index in [0.29, 0.717) is 15.2 Å². The number of hydrogen-bond donors (Lipinski definition) is 1. The number of sulfonamides is 1. The second kappa shape index (κ2) is 5.81. The molecule has 2 rings (SSSR count). The number of likely N-dealkylation sites (tertiary alicyclic amines) is 1. The zero-order valence-corrected chi connectivity index (χ0v) is 14.4. The lowest BCUT2D eigenvalue weighted by Crippen LogP contribution is -2.43. The summed E-state index contributed by atoms with van der Waals surface area (Å²) in [6, 6.07) is 1.76. The van der Waals surface area contributed by atoms with Crippen molar-refractivity contribution < 1.29 is 8.42 Å². The largest absolute Gasteiger partial charge is 0.306 e. The molecule has 2 heterocycles. The van der Waals surface area contributed by atoms with Crippen molar-refractivity contribution in [2.24, 2.45) is 5.41 Å². The molecule has 0 bridgehead atoms. The van der Waals surface area contributed by atoms with Crippen LogP contribution in [0, 0.1) is 5.41 Å². The molecule has 1 aliphatic rings. The summed E-state index contributed by atoms with van der Waals surface area (Å²) < 4.78 is 28.2. The fourth-order valence-electron chi connectivity index (χ4n) is 2.14. The van der Waals surface area contributed by atoms with E-state index in [4.69, 9.17) is 0 Å². The third-order valence-electron chi connectivity index (χ3n) is 3.71. The van der Waals surface area contributed by atoms with Crippen LogP contribution in [-0.2, 0) is 10.0 Å². The molecule has 4 nitrogen and oxygen atoms in total. The molecular weight excluding hydrogens is 348 g/mol. The van der Waals surface area contributed by atoms with E-state index in [-0.39, 0.29) is 5.41 Å². The van der Waals surface area contributed by atoms with Gasteiger partial charge in [-0.25, -0.2) is 13.1 Å². The van der Waals surface area contributed by atoms with Crippen LogP contribution < -0.4 is 4.72 Å². The maximum Gasteiger partial charge on any atom is 0.251 e. The van der Waals surface area contributed by atoms with E-state index in [2.05, 4.69) is 39.5 Å². The second-order valence-corrected chi connectivity index (χ2v) is 9.23. The molecule has 1 aromatic rings. The first-order valence-corrected chi connectivity index (χ1v) is 9.39. The average molecular weight is 367 g/mol. The Hall–Kier alpha value is 0.0500. The number of rotatable bonds is 4. The molecule has 0 radical (unpaired) electrons. The zero-order chi connectivity index (χ0) is 14.1.